The molecule has 1 unspecified atom stereocenters. The lowest BCUT2D eigenvalue weighted by Crippen LogP contribution is -2.52. The molecule has 5 rings (SSSR count). The van der Waals surface area contributed by atoms with Crippen LogP contribution in [0.15, 0.2) is 30.3 Å². The van der Waals surface area contributed by atoms with Gasteiger partial charge in [-0.05, 0) is 54.3 Å². The number of piperazine rings is 1. The second kappa shape index (κ2) is 9.12. The van der Waals surface area contributed by atoms with Crippen molar-refractivity contribution in [2.45, 2.75) is 38.9 Å². The highest BCUT2D eigenvalue weighted by Crippen LogP contribution is 2.33. The second-order valence-corrected chi connectivity index (χ2v) is 9.44. The first-order chi connectivity index (χ1) is 16.8. The third-order valence-corrected chi connectivity index (χ3v) is 6.98. The fraction of sp³-hybridized carbons (Fsp3) is 0.385. The van der Waals surface area contributed by atoms with Crippen LogP contribution in [0.25, 0.3) is 0 Å². The summed E-state index contributed by atoms with van der Waals surface area (Å²) in [6.45, 7) is 5.69. The van der Waals surface area contributed by atoms with E-state index in [0.29, 0.717) is 29.9 Å². The molecule has 0 aromatic heterocycles. The van der Waals surface area contributed by atoms with Crippen LogP contribution in [0, 0.1) is 24.1 Å². The number of carbonyl (C=O) groups excluding carboxylic acids is 3. The number of carbonyl (C=O) groups is 3. The maximum atomic E-state index is 15.1. The molecular formula is C26H26FN5O3. The number of imide groups is 1. The van der Waals surface area contributed by atoms with E-state index in [0.717, 1.165) is 30.8 Å². The maximum absolute atomic E-state index is 15.1. The lowest BCUT2D eigenvalue weighted by atomic mass is 10.0. The van der Waals surface area contributed by atoms with Crippen LogP contribution in [-0.4, -0.2) is 59.7 Å². The molecule has 0 radical (unpaired) electrons. The van der Waals surface area contributed by atoms with Gasteiger partial charge in [0.1, 0.15) is 11.9 Å². The van der Waals surface area contributed by atoms with E-state index in [-0.39, 0.29) is 36.8 Å². The van der Waals surface area contributed by atoms with Gasteiger partial charge >= 0.3 is 0 Å². The molecule has 3 aliphatic heterocycles. The summed E-state index contributed by atoms with van der Waals surface area (Å²) in [6, 6.07) is 10.3. The summed E-state index contributed by atoms with van der Waals surface area (Å²) in [5.41, 5.74) is 4.23. The molecule has 0 spiro atoms. The zero-order chi connectivity index (χ0) is 24.7. The quantitative estimate of drug-likeness (QED) is 0.681. The second-order valence-electron chi connectivity index (χ2n) is 9.44. The van der Waals surface area contributed by atoms with Crippen molar-refractivity contribution in [3.63, 3.8) is 0 Å². The van der Waals surface area contributed by atoms with E-state index < -0.39 is 17.8 Å². The molecule has 1 N–H and O–H groups in total. The number of nitrogens with one attached hydrogen (secondary N) is 1. The number of halogens is 1. The highest BCUT2D eigenvalue weighted by molar-refractivity contribution is 6.05. The molecule has 0 bridgehead atoms. The number of piperidine rings is 1. The van der Waals surface area contributed by atoms with Gasteiger partial charge in [0.25, 0.3) is 5.91 Å². The number of aryl methyl sites for hydroxylation is 1. The molecule has 35 heavy (non-hydrogen) atoms. The number of hydrogen-bond acceptors (Lipinski definition) is 6. The van der Waals surface area contributed by atoms with E-state index >= 15 is 4.39 Å². The minimum Gasteiger partial charge on any atom is -0.367 e. The molecule has 2 saturated heterocycles. The van der Waals surface area contributed by atoms with Gasteiger partial charge in [-0.25, -0.2) is 4.39 Å². The smallest absolute Gasteiger partial charge is 0.255 e. The summed E-state index contributed by atoms with van der Waals surface area (Å²) in [5, 5.41) is 11.5. The lowest BCUT2D eigenvalue weighted by Gasteiger charge is -2.36. The first-order valence-electron chi connectivity index (χ1n) is 11.8. The number of nitriles is 1. The number of hydrogen-bond donors (Lipinski definition) is 1. The van der Waals surface area contributed by atoms with Gasteiger partial charge in [-0.15, -0.1) is 0 Å². The SMILES string of the molecule is Cc1cc(C#N)cc(CN2CCN(c3cc4c(cc3F)C(=O)N(C3CCC(=O)NC3=O)C4)CC2)c1. The Morgan fingerprint density at radius 1 is 1.09 bits per heavy atom. The molecule has 180 valence electrons. The van der Waals surface area contributed by atoms with Crippen LogP contribution in [0.4, 0.5) is 10.1 Å². The number of amides is 3. The van der Waals surface area contributed by atoms with Gasteiger partial charge in [0, 0.05) is 51.3 Å². The van der Waals surface area contributed by atoms with Crippen LogP contribution in [0.5, 0.6) is 0 Å². The van der Waals surface area contributed by atoms with E-state index in [9.17, 15) is 19.6 Å². The molecule has 2 aromatic carbocycles. The number of fused-ring (bicyclic) bond motifs is 1. The Hall–Kier alpha value is -3.77. The average Bonchev–Trinajstić information content (AvgIpc) is 3.14. The van der Waals surface area contributed by atoms with Crippen molar-refractivity contribution in [2.75, 3.05) is 31.1 Å². The molecule has 0 aliphatic carbocycles. The molecular weight excluding hydrogens is 449 g/mol. The molecule has 8 nitrogen and oxygen atoms in total. The minimum atomic E-state index is -0.717. The molecule has 2 aromatic rings. The lowest BCUT2D eigenvalue weighted by molar-refractivity contribution is -0.136. The maximum Gasteiger partial charge on any atom is 0.255 e. The van der Waals surface area contributed by atoms with Gasteiger partial charge in [0.15, 0.2) is 0 Å². The molecule has 2 fully saturated rings. The first-order valence-corrected chi connectivity index (χ1v) is 11.8. The fourth-order valence-corrected chi connectivity index (χ4v) is 5.24. The van der Waals surface area contributed by atoms with Gasteiger partial charge in [-0.2, -0.15) is 5.26 Å². The van der Waals surface area contributed by atoms with E-state index in [2.05, 4.69) is 22.4 Å². The molecule has 3 amide bonds. The largest absolute Gasteiger partial charge is 0.367 e. The van der Waals surface area contributed by atoms with Gasteiger partial charge in [0.2, 0.25) is 11.8 Å². The fourth-order valence-electron chi connectivity index (χ4n) is 5.24. The van der Waals surface area contributed by atoms with Gasteiger partial charge < -0.3 is 9.80 Å². The van der Waals surface area contributed by atoms with Crippen molar-refractivity contribution < 1.29 is 18.8 Å². The summed E-state index contributed by atoms with van der Waals surface area (Å²) in [4.78, 5) is 42.3. The normalized spacial score (nSPS) is 20.6. The Labute approximate surface area is 202 Å². The van der Waals surface area contributed by atoms with Crippen LogP contribution >= 0.6 is 0 Å². The van der Waals surface area contributed by atoms with E-state index in [4.69, 9.17) is 0 Å². The molecule has 0 saturated carbocycles. The molecule has 9 heteroatoms. The molecule has 3 heterocycles. The average molecular weight is 476 g/mol. The monoisotopic (exact) mass is 475 g/mol. The van der Waals surface area contributed by atoms with Crippen molar-refractivity contribution >= 4 is 23.4 Å². The summed E-state index contributed by atoms with van der Waals surface area (Å²) >= 11 is 0. The Morgan fingerprint density at radius 2 is 1.86 bits per heavy atom. The predicted molar refractivity (Wildman–Crippen MR) is 126 cm³/mol. The third-order valence-electron chi connectivity index (χ3n) is 6.98. The van der Waals surface area contributed by atoms with Crippen LogP contribution in [0.2, 0.25) is 0 Å². The summed E-state index contributed by atoms with van der Waals surface area (Å²) in [5.74, 6) is -1.64. The highest BCUT2D eigenvalue weighted by atomic mass is 19.1. The number of anilines is 1. The highest BCUT2D eigenvalue weighted by Gasteiger charge is 2.40. The van der Waals surface area contributed by atoms with Crippen LogP contribution in [0.1, 0.15) is 45.5 Å². The van der Waals surface area contributed by atoms with E-state index in [1.165, 1.54) is 11.0 Å². The van der Waals surface area contributed by atoms with Crippen molar-refractivity contribution in [1.82, 2.24) is 15.1 Å². The third kappa shape index (κ3) is 4.49. The zero-order valence-electron chi connectivity index (χ0n) is 19.5. The Balaban J connectivity index is 1.26. The van der Waals surface area contributed by atoms with Gasteiger partial charge in [-0.3, -0.25) is 24.6 Å². The Kier molecular flexibility index (Phi) is 5.99. The number of nitrogens with zero attached hydrogens (tertiary/aromatic N) is 4. The first kappa shape index (κ1) is 23.0. The van der Waals surface area contributed by atoms with Crippen molar-refractivity contribution in [3.05, 3.63) is 64.0 Å². The van der Waals surface area contributed by atoms with E-state index in [1.54, 1.807) is 6.07 Å². The van der Waals surface area contributed by atoms with Gasteiger partial charge in [0.05, 0.1) is 17.3 Å². The van der Waals surface area contributed by atoms with Crippen molar-refractivity contribution in [2.24, 2.45) is 0 Å². The van der Waals surface area contributed by atoms with Crippen LogP contribution in [0.3, 0.4) is 0 Å². The van der Waals surface area contributed by atoms with Crippen molar-refractivity contribution in [1.29, 1.82) is 5.26 Å². The Bertz CT molecular complexity index is 1260. The zero-order valence-corrected chi connectivity index (χ0v) is 19.5. The summed E-state index contributed by atoms with van der Waals surface area (Å²) in [7, 11) is 0. The van der Waals surface area contributed by atoms with Gasteiger partial charge in [-0.1, -0.05) is 6.07 Å². The molecule has 3 aliphatic rings. The van der Waals surface area contributed by atoms with Crippen molar-refractivity contribution in [3.8, 4) is 6.07 Å². The minimum absolute atomic E-state index is 0.181. The van der Waals surface area contributed by atoms with Crippen LogP contribution < -0.4 is 10.2 Å². The molecule has 1 atom stereocenters. The number of benzene rings is 2. The predicted octanol–water partition coefficient (Wildman–Crippen LogP) is 2.09. The van der Waals surface area contributed by atoms with Crippen LogP contribution in [-0.2, 0) is 22.7 Å². The number of rotatable bonds is 4. The summed E-state index contributed by atoms with van der Waals surface area (Å²) < 4.78 is 15.1. The standard InChI is InChI=1S/C26H26FN5O3/c1-16-8-17(13-28)10-18(9-16)14-30-4-6-31(7-5-30)23-11-19-15-32(26(35)20(19)12-21(23)27)22-2-3-24(33)29-25(22)34/h8-12,22H,2-7,14-15H2,1H3,(H,29,33,34). The topological polar surface area (TPSA) is 96.8 Å². The Morgan fingerprint density at radius 3 is 2.57 bits per heavy atom. The summed E-state index contributed by atoms with van der Waals surface area (Å²) in [6.07, 6.45) is 0.458. The van der Waals surface area contributed by atoms with E-state index in [1.807, 2.05) is 24.0 Å².